The number of halogens is 4. The van der Waals surface area contributed by atoms with Crippen molar-refractivity contribution in [3.8, 4) is 0 Å². The van der Waals surface area contributed by atoms with Crippen LogP contribution in [0.4, 0.5) is 13.2 Å². The molecule has 1 rings (SSSR count). The van der Waals surface area contributed by atoms with Crippen LogP contribution >= 0.6 is 15.9 Å². The van der Waals surface area contributed by atoms with Crippen LogP contribution in [0.2, 0.25) is 0 Å². The van der Waals surface area contributed by atoms with Gasteiger partial charge in [-0.2, -0.15) is 13.2 Å². The summed E-state index contributed by atoms with van der Waals surface area (Å²) < 4.78 is 37.3. The number of alkyl halides is 4. The van der Waals surface area contributed by atoms with Gasteiger partial charge in [-0.05, 0) is 30.0 Å². The number of rotatable bonds is 6. The van der Waals surface area contributed by atoms with Gasteiger partial charge in [0.1, 0.15) is 0 Å². The summed E-state index contributed by atoms with van der Waals surface area (Å²) in [5.41, 5.74) is -0.136. The molecule has 118 valence electrons. The molecule has 0 fully saturated rings. The van der Waals surface area contributed by atoms with Crippen molar-refractivity contribution in [1.29, 1.82) is 0 Å². The fourth-order valence-corrected chi connectivity index (χ4v) is 2.43. The number of nitrogens with one attached hydrogen (secondary N) is 1. The second-order valence-corrected chi connectivity index (χ2v) is 6.07. The molecule has 2 nitrogen and oxygen atoms in total. The zero-order chi connectivity index (χ0) is 16.0. The molecule has 1 N–H and O–H groups in total. The zero-order valence-electron chi connectivity index (χ0n) is 12.0. The Morgan fingerprint density at radius 2 is 1.81 bits per heavy atom. The SMILES string of the molecule is CC(C)CC(CBr)NC(=O)Cc1ccc(C(F)(F)F)cc1. The molecule has 0 saturated heterocycles. The van der Waals surface area contributed by atoms with Crippen LogP contribution in [0, 0.1) is 5.92 Å². The average molecular weight is 366 g/mol. The van der Waals surface area contributed by atoms with Crippen LogP contribution in [0.15, 0.2) is 24.3 Å². The normalized spacial score (nSPS) is 13.3. The molecule has 1 atom stereocenters. The molecule has 1 unspecified atom stereocenters. The Labute approximate surface area is 131 Å². The van der Waals surface area contributed by atoms with Crippen molar-refractivity contribution in [2.75, 3.05) is 5.33 Å². The van der Waals surface area contributed by atoms with E-state index in [9.17, 15) is 18.0 Å². The zero-order valence-corrected chi connectivity index (χ0v) is 13.6. The smallest absolute Gasteiger partial charge is 0.352 e. The van der Waals surface area contributed by atoms with Crippen LogP contribution in [0.1, 0.15) is 31.4 Å². The maximum atomic E-state index is 12.4. The van der Waals surface area contributed by atoms with Crippen molar-refractivity contribution in [3.63, 3.8) is 0 Å². The van der Waals surface area contributed by atoms with Gasteiger partial charge < -0.3 is 5.32 Å². The maximum Gasteiger partial charge on any atom is 0.416 e. The third-order valence-corrected chi connectivity index (χ3v) is 3.73. The van der Waals surface area contributed by atoms with Gasteiger partial charge in [-0.15, -0.1) is 0 Å². The molecule has 6 heteroatoms. The number of hydrogen-bond acceptors (Lipinski definition) is 1. The first-order valence-electron chi connectivity index (χ1n) is 6.73. The van der Waals surface area contributed by atoms with Gasteiger partial charge in [0.2, 0.25) is 5.91 Å². The molecule has 0 aliphatic rings. The van der Waals surface area contributed by atoms with Crippen molar-refractivity contribution in [2.45, 2.75) is 38.9 Å². The Kier molecular flexibility index (Phi) is 6.71. The van der Waals surface area contributed by atoms with E-state index in [1.165, 1.54) is 12.1 Å². The third kappa shape index (κ3) is 6.50. The van der Waals surface area contributed by atoms with Crippen molar-refractivity contribution in [1.82, 2.24) is 5.32 Å². The van der Waals surface area contributed by atoms with E-state index in [0.717, 1.165) is 18.6 Å². The highest BCUT2D eigenvalue weighted by molar-refractivity contribution is 9.09. The van der Waals surface area contributed by atoms with Gasteiger partial charge in [0, 0.05) is 11.4 Å². The summed E-state index contributed by atoms with van der Waals surface area (Å²) in [5, 5.41) is 3.54. The number of amides is 1. The van der Waals surface area contributed by atoms with E-state index in [1.807, 2.05) is 0 Å². The van der Waals surface area contributed by atoms with Crippen LogP contribution in [0.3, 0.4) is 0 Å². The van der Waals surface area contributed by atoms with E-state index in [4.69, 9.17) is 0 Å². The fourth-order valence-electron chi connectivity index (χ4n) is 2.01. The minimum atomic E-state index is -4.35. The van der Waals surface area contributed by atoms with Crippen LogP contribution in [0.25, 0.3) is 0 Å². The molecular weight excluding hydrogens is 347 g/mol. The molecule has 21 heavy (non-hydrogen) atoms. The Morgan fingerprint density at radius 3 is 2.24 bits per heavy atom. The molecule has 0 aromatic heterocycles. The van der Waals surface area contributed by atoms with Crippen molar-refractivity contribution < 1.29 is 18.0 Å². The van der Waals surface area contributed by atoms with Crippen LogP contribution < -0.4 is 5.32 Å². The van der Waals surface area contributed by atoms with Gasteiger partial charge in [0.15, 0.2) is 0 Å². The van der Waals surface area contributed by atoms with E-state index < -0.39 is 11.7 Å². The van der Waals surface area contributed by atoms with Crippen LogP contribution in [0.5, 0.6) is 0 Å². The second-order valence-electron chi connectivity index (χ2n) is 5.42. The lowest BCUT2D eigenvalue weighted by molar-refractivity contribution is -0.137. The fraction of sp³-hybridized carbons (Fsp3) is 0.533. The Balaban J connectivity index is 2.58. The number of benzene rings is 1. The third-order valence-electron chi connectivity index (χ3n) is 2.95. The van der Waals surface area contributed by atoms with Gasteiger partial charge >= 0.3 is 6.18 Å². The lowest BCUT2D eigenvalue weighted by atomic mass is 10.0. The highest BCUT2D eigenvalue weighted by Gasteiger charge is 2.30. The Hall–Kier alpha value is -1.04. The number of hydrogen-bond donors (Lipinski definition) is 1. The van der Waals surface area contributed by atoms with Gasteiger partial charge in [-0.1, -0.05) is 41.9 Å². The molecule has 1 aromatic carbocycles. The molecule has 1 amide bonds. The first-order chi connectivity index (χ1) is 9.72. The molecule has 0 aliphatic carbocycles. The van der Waals surface area contributed by atoms with Gasteiger partial charge in [0.05, 0.1) is 12.0 Å². The first kappa shape index (κ1) is 18.0. The second kappa shape index (κ2) is 7.82. The minimum absolute atomic E-state index is 0.0342. The molecule has 0 bridgehead atoms. The maximum absolute atomic E-state index is 12.4. The minimum Gasteiger partial charge on any atom is -0.352 e. The largest absolute Gasteiger partial charge is 0.416 e. The average Bonchev–Trinajstić information content (AvgIpc) is 2.36. The monoisotopic (exact) mass is 365 g/mol. The number of carbonyl (C=O) groups excluding carboxylic acids is 1. The van der Waals surface area contributed by atoms with E-state index in [2.05, 4.69) is 35.1 Å². The van der Waals surface area contributed by atoms with Gasteiger partial charge in [0.25, 0.3) is 0 Å². The summed E-state index contributed by atoms with van der Waals surface area (Å²) >= 11 is 3.35. The highest BCUT2D eigenvalue weighted by Crippen LogP contribution is 2.29. The molecule has 0 spiro atoms. The predicted molar refractivity (Wildman–Crippen MR) is 80.3 cm³/mol. The quantitative estimate of drug-likeness (QED) is 0.753. The van der Waals surface area contributed by atoms with Gasteiger partial charge in [-0.3, -0.25) is 4.79 Å². The number of carbonyl (C=O) groups is 1. The molecular formula is C15H19BrF3NO. The molecule has 0 heterocycles. The first-order valence-corrected chi connectivity index (χ1v) is 7.86. The summed E-state index contributed by atoms with van der Waals surface area (Å²) in [6.07, 6.45) is -3.41. The molecule has 0 aliphatic heterocycles. The summed E-state index contributed by atoms with van der Waals surface area (Å²) in [6, 6.07) is 4.71. The summed E-state index contributed by atoms with van der Waals surface area (Å²) in [5.74, 6) is 0.277. The molecule has 0 saturated carbocycles. The topological polar surface area (TPSA) is 29.1 Å². The lowest BCUT2D eigenvalue weighted by Gasteiger charge is -2.18. The summed E-state index contributed by atoms with van der Waals surface area (Å²) in [6.45, 7) is 4.13. The lowest BCUT2D eigenvalue weighted by Crippen LogP contribution is -2.37. The van der Waals surface area contributed by atoms with Crippen molar-refractivity contribution >= 4 is 21.8 Å². The van der Waals surface area contributed by atoms with E-state index in [0.29, 0.717) is 16.8 Å². The van der Waals surface area contributed by atoms with Crippen LogP contribution in [-0.2, 0) is 17.4 Å². The highest BCUT2D eigenvalue weighted by atomic mass is 79.9. The summed E-state index contributed by atoms with van der Waals surface area (Å²) in [4.78, 5) is 11.9. The molecule has 0 radical (unpaired) electrons. The van der Waals surface area contributed by atoms with Crippen molar-refractivity contribution in [2.24, 2.45) is 5.92 Å². The standard InChI is InChI=1S/C15H19BrF3NO/c1-10(2)7-13(9-16)20-14(21)8-11-3-5-12(6-4-11)15(17,18)19/h3-6,10,13H,7-9H2,1-2H3,(H,20,21). The summed E-state index contributed by atoms with van der Waals surface area (Å²) in [7, 11) is 0. The van der Waals surface area contributed by atoms with Gasteiger partial charge in [-0.25, -0.2) is 0 Å². The van der Waals surface area contributed by atoms with E-state index in [-0.39, 0.29) is 18.4 Å². The van der Waals surface area contributed by atoms with Crippen LogP contribution in [-0.4, -0.2) is 17.3 Å². The van der Waals surface area contributed by atoms with E-state index >= 15 is 0 Å². The van der Waals surface area contributed by atoms with E-state index in [1.54, 1.807) is 0 Å². The molecule has 1 aromatic rings. The Bertz CT molecular complexity index is 457. The Morgan fingerprint density at radius 1 is 1.24 bits per heavy atom. The van der Waals surface area contributed by atoms with Crippen molar-refractivity contribution in [3.05, 3.63) is 35.4 Å². The predicted octanol–water partition coefficient (Wildman–Crippen LogP) is 4.17.